The van der Waals surface area contributed by atoms with Gasteiger partial charge in [-0.25, -0.2) is 9.97 Å². The van der Waals surface area contributed by atoms with E-state index >= 15 is 0 Å². The number of benzene rings is 1. The zero-order valence-electron chi connectivity index (χ0n) is 12.2. The Labute approximate surface area is 119 Å². The van der Waals surface area contributed by atoms with Crippen molar-refractivity contribution in [3.05, 3.63) is 40.6 Å². The normalized spacial score (nSPS) is 13.9. The molecular formula is C16H19N3O. The van der Waals surface area contributed by atoms with Gasteiger partial charge in [0.05, 0.1) is 18.9 Å². The Hall–Kier alpha value is -1.94. The predicted octanol–water partition coefficient (Wildman–Crippen LogP) is 2.87. The molecule has 1 aliphatic rings. The van der Waals surface area contributed by atoms with Crippen LogP contribution >= 0.6 is 0 Å². The summed E-state index contributed by atoms with van der Waals surface area (Å²) in [6.45, 7) is 5.52. The van der Waals surface area contributed by atoms with Crippen molar-refractivity contribution in [2.75, 3.05) is 19.0 Å². The van der Waals surface area contributed by atoms with E-state index in [-0.39, 0.29) is 0 Å². The molecule has 20 heavy (non-hydrogen) atoms. The smallest absolute Gasteiger partial charge is 0.162 e. The summed E-state index contributed by atoms with van der Waals surface area (Å²) in [5, 5.41) is 3.17. The lowest BCUT2D eigenvalue weighted by molar-refractivity contribution is 0.109. The van der Waals surface area contributed by atoms with Gasteiger partial charge >= 0.3 is 0 Å². The monoisotopic (exact) mass is 269 g/mol. The van der Waals surface area contributed by atoms with Crippen LogP contribution < -0.4 is 5.32 Å². The number of rotatable bonds is 2. The van der Waals surface area contributed by atoms with Crippen molar-refractivity contribution >= 4 is 5.82 Å². The highest BCUT2D eigenvalue weighted by Gasteiger charge is 2.18. The molecule has 0 bridgehead atoms. The number of nitrogens with one attached hydrogen (secondary N) is 1. The van der Waals surface area contributed by atoms with E-state index in [9.17, 15) is 0 Å². The minimum atomic E-state index is 0.596. The van der Waals surface area contributed by atoms with Gasteiger partial charge in [0.15, 0.2) is 5.82 Å². The first-order valence-corrected chi connectivity index (χ1v) is 6.92. The molecular weight excluding hydrogens is 250 g/mol. The predicted molar refractivity (Wildman–Crippen MR) is 79.8 cm³/mol. The Morgan fingerprint density at radius 1 is 1.20 bits per heavy atom. The van der Waals surface area contributed by atoms with E-state index in [0.717, 1.165) is 41.5 Å². The second kappa shape index (κ2) is 5.21. The molecule has 104 valence electrons. The number of hydrogen-bond acceptors (Lipinski definition) is 4. The van der Waals surface area contributed by atoms with Gasteiger partial charge < -0.3 is 10.1 Å². The summed E-state index contributed by atoms with van der Waals surface area (Å²) in [6, 6.07) is 6.38. The number of aryl methyl sites for hydroxylation is 2. The molecule has 4 heteroatoms. The molecule has 4 nitrogen and oxygen atoms in total. The molecule has 0 radical (unpaired) electrons. The van der Waals surface area contributed by atoms with Crippen molar-refractivity contribution in [3.63, 3.8) is 0 Å². The van der Waals surface area contributed by atoms with Crippen LogP contribution in [-0.2, 0) is 17.8 Å². The molecule has 0 saturated carbocycles. The van der Waals surface area contributed by atoms with Gasteiger partial charge in [-0.1, -0.05) is 17.7 Å². The quantitative estimate of drug-likeness (QED) is 0.910. The van der Waals surface area contributed by atoms with Gasteiger partial charge in [0.25, 0.3) is 0 Å². The lowest BCUT2D eigenvalue weighted by Gasteiger charge is -2.19. The summed E-state index contributed by atoms with van der Waals surface area (Å²) in [7, 11) is 1.89. The molecule has 0 aliphatic carbocycles. The van der Waals surface area contributed by atoms with Crippen molar-refractivity contribution in [1.82, 2.24) is 9.97 Å². The number of anilines is 1. The van der Waals surface area contributed by atoms with Crippen LogP contribution in [0.1, 0.15) is 22.4 Å². The fraction of sp³-hybridized carbons (Fsp3) is 0.375. The Bertz CT molecular complexity index is 635. The summed E-state index contributed by atoms with van der Waals surface area (Å²) in [6.07, 6.45) is 0.852. The van der Waals surface area contributed by atoms with Crippen LogP contribution in [0.4, 0.5) is 5.82 Å². The van der Waals surface area contributed by atoms with E-state index < -0.39 is 0 Å². The van der Waals surface area contributed by atoms with Gasteiger partial charge in [0.2, 0.25) is 0 Å². The Morgan fingerprint density at radius 3 is 2.85 bits per heavy atom. The average Bonchev–Trinajstić information content (AvgIpc) is 2.48. The van der Waals surface area contributed by atoms with E-state index in [1.54, 1.807) is 0 Å². The standard InChI is InChI=1S/C16H19N3O/c1-10-4-5-11(2)12(8-10)16-18-14-6-7-20-9-13(14)15(17-3)19-16/h4-5,8H,6-7,9H2,1-3H3,(H,17,18,19). The summed E-state index contributed by atoms with van der Waals surface area (Å²) in [4.78, 5) is 9.44. The molecule has 1 aliphatic heterocycles. The van der Waals surface area contributed by atoms with Crippen LogP contribution in [-0.4, -0.2) is 23.6 Å². The highest BCUT2D eigenvalue weighted by atomic mass is 16.5. The number of nitrogens with zero attached hydrogens (tertiary/aromatic N) is 2. The molecule has 0 amide bonds. The number of hydrogen-bond donors (Lipinski definition) is 1. The molecule has 0 spiro atoms. The number of aromatic nitrogens is 2. The fourth-order valence-corrected chi connectivity index (χ4v) is 2.54. The SMILES string of the molecule is CNc1nc(-c2cc(C)ccc2C)nc2c1COCC2. The van der Waals surface area contributed by atoms with Crippen molar-refractivity contribution in [3.8, 4) is 11.4 Å². The molecule has 0 fully saturated rings. The fourth-order valence-electron chi connectivity index (χ4n) is 2.54. The summed E-state index contributed by atoms with van der Waals surface area (Å²) in [5.41, 5.74) is 5.72. The molecule has 3 rings (SSSR count). The largest absolute Gasteiger partial charge is 0.376 e. The summed E-state index contributed by atoms with van der Waals surface area (Å²) >= 11 is 0. The van der Waals surface area contributed by atoms with Crippen LogP contribution in [0.15, 0.2) is 18.2 Å². The molecule has 1 N–H and O–H groups in total. The first-order chi connectivity index (χ1) is 9.69. The van der Waals surface area contributed by atoms with E-state index in [1.807, 2.05) is 7.05 Å². The van der Waals surface area contributed by atoms with E-state index in [1.165, 1.54) is 11.1 Å². The second-order valence-electron chi connectivity index (χ2n) is 5.19. The topological polar surface area (TPSA) is 47.0 Å². The summed E-state index contributed by atoms with van der Waals surface area (Å²) < 4.78 is 5.51. The third kappa shape index (κ3) is 2.27. The van der Waals surface area contributed by atoms with Gasteiger partial charge in [0.1, 0.15) is 5.82 Å². The van der Waals surface area contributed by atoms with Crippen LogP contribution in [0.2, 0.25) is 0 Å². The van der Waals surface area contributed by atoms with Crippen LogP contribution in [0.3, 0.4) is 0 Å². The highest BCUT2D eigenvalue weighted by molar-refractivity contribution is 5.64. The minimum Gasteiger partial charge on any atom is -0.376 e. The summed E-state index contributed by atoms with van der Waals surface area (Å²) in [5.74, 6) is 1.68. The first kappa shape index (κ1) is 13.1. The maximum absolute atomic E-state index is 5.51. The lowest BCUT2D eigenvalue weighted by atomic mass is 10.0. The van der Waals surface area contributed by atoms with Gasteiger partial charge in [0, 0.05) is 24.6 Å². The van der Waals surface area contributed by atoms with E-state index in [2.05, 4.69) is 42.3 Å². The van der Waals surface area contributed by atoms with Gasteiger partial charge in [-0.3, -0.25) is 0 Å². The highest BCUT2D eigenvalue weighted by Crippen LogP contribution is 2.28. The van der Waals surface area contributed by atoms with Gasteiger partial charge in [-0.15, -0.1) is 0 Å². The molecule has 2 aromatic rings. The lowest BCUT2D eigenvalue weighted by Crippen LogP contribution is -2.16. The molecule has 0 atom stereocenters. The number of fused-ring (bicyclic) bond motifs is 1. The Kier molecular flexibility index (Phi) is 3.40. The van der Waals surface area contributed by atoms with Crippen molar-refractivity contribution in [2.24, 2.45) is 0 Å². The van der Waals surface area contributed by atoms with Crippen molar-refractivity contribution in [1.29, 1.82) is 0 Å². The van der Waals surface area contributed by atoms with Crippen molar-refractivity contribution in [2.45, 2.75) is 26.9 Å². The molecule has 1 aromatic carbocycles. The maximum atomic E-state index is 5.51. The first-order valence-electron chi connectivity index (χ1n) is 6.92. The van der Waals surface area contributed by atoms with Gasteiger partial charge in [-0.2, -0.15) is 0 Å². The third-order valence-electron chi connectivity index (χ3n) is 3.69. The molecule has 0 unspecified atom stereocenters. The second-order valence-corrected chi connectivity index (χ2v) is 5.19. The van der Waals surface area contributed by atoms with E-state index in [4.69, 9.17) is 9.72 Å². The van der Waals surface area contributed by atoms with Crippen molar-refractivity contribution < 1.29 is 4.74 Å². The Balaban J connectivity index is 2.17. The molecule has 0 saturated heterocycles. The Morgan fingerprint density at radius 2 is 2.05 bits per heavy atom. The van der Waals surface area contributed by atoms with Crippen LogP contribution in [0.25, 0.3) is 11.4 Å². The van der Waals surface area contributed by atoms with E-state index in [0.29, 0.717) is 6.61 Å². The third-order valence-corrected chi connectivity index (χ3v) is 3.69. The van der Waals surface area contributed by atoms with Gasteiger partial charge in [-0.05, 0) is 25.5 Å². The molecule has 2 heterocycles. The average molecular weight is 269 g/mol. The zero-order chi connectivity index (χ0) is 14.1. The minimum absolute atomic E-state index is 0.596. The number of ether oxygens (including phenoxy) is 1. The maximum Gasteiger partial charge on any atom is 0.162 e. The zero-order valence-corrected chi connectivity index (χ0v) is 12.2. The molecule has 1 aromatic heterocycles. The van der Waals surface area contributed by atoms with Crippen LogP contribution in [0, 0.1) is 13.8 Å². The van der Waals surface area contributed by atoms with Crippen LogP contribution in [0.5, 0.6) is 0 Å².